The van der Waals surface area contributed by atoms with E-state index in [4.69, 9.17) is 11.6 Å². The van der Waals surface area contributed by atoms with E-state index >= 15 is 0 Å². The van der Waals surface area contributed by atoms with Crippen molar-refractivity contribution in [3.63, 3.8) is 0 Å². The van der Waals surface area contributed by atoms with Gasteiger partial charge in [0.05, 0.1) is 17.2 Å². The van der Waals surface area contributed by atoms with Gasteiger partial charge in [-0.05, 0) is 54.1 Å². The molecule has 1 amide bonds. The first-order valence-corrected chi connectivity index (χ1v) is 11.8. The van der Waals surface area contributed by atoms with Crippen molar-refractivity contribution >= 4 is 46.1 Å². The smallest absolute Gasteiger partial charge is 0.253 e. The Morgan fingerprint density at radius 2 is 1.60 bits per heavy atom. The van der Waals surface area contributed by atoms with E-state index in [0.717, 1.165) is 29.9 Å². The third kappa shape index (κ3) is 5.23. The first kappa shape index (κ1) is 22.7. The molecule has 0 N–H and O–H groups in total. The predicted molar refractivity (Wildman–Crippen MR) is 139 cm³/mol. The molecule has 0 radical (unpaired) electrons. The van der Waals surface area contributed by atoms with Crippen LogP contribution in [0, 0.1) is 0 Å². The summed E-state index contributed by atoms with van der Waals surface area (Å²) in [6, 6.07) is 22.5. The lowest BCUT2D eigenvalue weighted by Crippen LogP contribution is -2.48. The normalized spacial score (nSPS) is 14.0. The lowest BCUT2D eigenvalue weighted by molar-refractivity contribution is 0.0746. The predicted octanol–water partition coefficient (Wildman–Crippen LogP) is 5.14. The SMILES string of the molecule is O=C(C=Cc1ccc(C(=O)N2CCN(c3cccc(Cl)c3)CC2)cc1)c1cnc2ccccc2n1. The van der Waals surface area contributed by atoms with Crippen LogP contribution in [0.4, 0.5) is 5.69 Å². The molecule has 6 nitrogen and oxygen atoms in total. The number of hydrogen-bond acceptors (Lipinski definition) is 5. The number of carbonyl (C=O) groups excluding carboxylic acids is 2. The van der Waals surface area contributed by atoms with Crippen molar-refractivity contribution in [1.29, 1.82) is 0 Å². The van der Waals surface area contributed by atoms with Crippen LogP contribution in [0.15, 0.2) is 85.1 Å². The molecule has 1 aliphatic rings. The first-order chi connectivity index (χ1) is 17.1. The van der Waals surface area contributed by atoms with E-state index in [1.807, 2.05) is 65.6 Å². The molecule has 0 atom stereocenters. The number of halogens is 1. The van der Waals surface area contributed by atoms with Gasteiger partial charge in [-0.3, -0.25) is 14.6 Å². The van der Waals surface area contributed by atoms with Crippen molar-refractivity contribution in [2.75, 3.05) is 31.1 Å². The Labute approximate surface area is 208 Å². The fourth-order valence-electron chi connectivity index (χ4n) is 4.09. The van der Waals surface area contributed by atoms with Crippen LogP contribution in [-0.4, -0.2) is 52.7 Å². The highest BCUT2D eigenvalue weighted by molar-refractivity contribution is 6.30. The average molecular weight is 483 g/mol. The molecule has 174 valence electrons. The van der Waals surface area contributed by atoms with Gasteiger partial charge in [0.2, 0.25) is 5.78 Å². The zero-order chi connectivity index (χ0) is 24.2. The molecule has 0 saturated carbocycles. The Hall–Kier alpha value is -4.03. The Kier molecular flexibility index (Phi) is 6.55. The maximum atomic E-state index is 13.0. The van der Waals surface area contributed by atoms with Gasteiger partial charge in [-0.2, -0.15) is 0 Å². The maximum Gasteiger partial charge on any atom is 0.253 e. The summed E-state index contributed by atoms with van der Waals surface area (Å²) in [4.78, 5) is 38.3. The van der Waals surface area contributed by atoms with Gasteiger partial charge in [0, 0.05) is 42.5 Å². The van der Waals surface area contributed by atoms with E-state index in [0.29, 0.717) is 34.9 Å². The van der Waals surface area contributed by atoms with Crippen LogP contribution in [0.5, 0.6) is 0 Å². The van der Waals surface area contributed by atoms with Gasteiger partial charge in [-0.25, -0.2) is 4.98 Å². The second-order valence-corrected chi connectivity index (χ2v) is 8.76. The number of anilines is 1. The minimum atomic E-state index is -0.221. The Morgan fingerprint density at radius 3 is 2.34 bits per heavy atom. The van der Waals surface area contributed by atoms with Crippen molar-refractivity contribution in [2.24, 2.45) is 0 Å². The number of fused-ring (bicyclic) bond motifs is 1. The van der Waals surface area contributed by atoms with Crippen LogP contribution in [0.25, 0.3) is 17.1 Å². The molecule has 1 aromatic heterocycles. The van der Waals surface area contributed by atoms with Crippen LogP contribution >= 0.6 is 11.6 Å². The molecule has 5 rings (SSSR count). The highest BCUT2D eigenvalue weighted by atomic mass is 35.5. The number of para-hydroxylation sites is 2. The molecule has 1 fully saturated rings. The number of carbonyl (C=O) groups is 2. The summed E-state index contributed by atoms with van der Waals surface area (Å²) in [6.45, 7) is 2.81. The molecule has 2 heterocycles. The van der Waals surface area contributed by atoms with Crippen LogP contribution in [0.1, 0.15) is 26.4 Å². The number of allylic oxidation sites excluding steroid dienone is 1. The molecule has 3 aromatic carbocycles. The number of nitrogens with zero attached hydrogens (tertiary/aromatic N) is 4. The second-order valence-electron chi connectivity index (χ2n) is 8.32. The molecular formula is C28H23ClN4O2. The minimum absolute atomic E-state index is 0.00814. The lowest BCUT2D eigenvalue weighted by Gasteiger charge is -2.36. The summed E-state index contributed by atoms with van der Waals surface area (Å²) in [5.41, 5.74) is 4.26. The molecule has 7 heteroatoms. The quantitative estimate of drug-likeness (QED) is 0.291. The highest BCUT2D eigenvalue weighted by Crippen LogP contribution is 2.21. The maximum absolute atomic E-state index is 13.0. The molecule has 35 heavy (non-hydrogen) atoms. The van der Waals surface area contributed by atoms with Crippen LogP contribution in [0.2, 0.25) is 5.02 Å². The van der Waals surface area contributed by atoms with E-state index in [9.17, 15) is 9.59 Å². The highest BCUT2D eigenvalue weighted by Gasteiger charge is 2.22. The van der Waals surface area contributed by atoms with Crippen molar-refractivity contribution in [2.45, 2.75) is 0 Å². The summed E-state index contributed by atoms with van der Waals surface area (Å²) < 4.78 is 0. The van der Waals surface area contributed by atoms with Crippen molar-refractivity contribution in [3.05, 3.63) is 107 Å². The molecular weight excluding hydrogens is 460 g/mol. The second kappa shape index (κ2) is 10.1. The number of amides is 1. The van der Waals surface area contributed by atoms with Gasteiger partial charge < -0.3 is 9.80 Å². The summed E-state index contributed by atoms with van der Waals surface area (Å²) >= 11 is 6.11. The largest absolute Gasteiger partial charge is 0.368 e. The molecule has 0 aliphatic carbocycles. The molecule has 1 saturated heterocycles. The standard InChI is InChI=1S/C28H23ClN4O2/c29-22-4-3-5-23(18-22)32-14-16-33(17-15-32)28(35)21-11-8-20(9-12-21)10-13-27(34)26-19-30-24-6-1-2-7-25(24)31-26/h1-13,18-19H,14-17H2. The summed E-state index contributed by atoms with van der Waals surface area (Å²) in [7, 11) is 0. The van der Waals surface area contributed by atoms with E-state index < -0.39 is 0 Å². The Morgan fingerprint density at radius 1 is 0.857 bits per heavy atom. The number of benzene rings is 3. The molecule has 0 spiro atoms. The van der Waals surface area contributed by atoms with Crippen LogP contribution < -0.4 is 4.90 Å². The summed E-state index contributed by atoms with van der Waals surface area (Å²) in [5.74, 6) is -0.213. The molecule has 0 unspecified atom stereocenters. The fourth-order valence-corrected chi connectivity index (χ4v) is 4.28. The summed E-state index contributed by atoms with van der Waals surface area (Å²) in [6.07, 6.45) is 4.69. The first-order valence-electron chi connectivity index (χ1n) is 11.4. The summed E-state index contributed by atoms with van der Waals surface area (Å²) in [5, 5.41) is 0.710. The molecule has 1 aliphatic heterocycles. The van der Waals surface area contributed by atoms with E-state index in [1.54, 1.807) is 18.2 Å². The van der Waals surface area contributed by atoms with Crippen molar-refractivity contribution in [1.82, 2.24) is 14.9 Å². The number of rotatable bonds is 5. The Bertz CT molecular complexity index is 1410. The zero-order valence-corrected chi connectivity index (χ0v) is 19.7. The van der Waals surface area contributed by atoms with E-state index in [-0.39, 0.29) is 11.7 Å². The van der Waals surface area contributed by atoms with Gasteiger partial charge in [0.1, 0.15) is 5.69 Å². The number of hydrogen-bond donors (Lipinski definition) is 0. The monoisotopic (exact) mass is 482 g/mol. The van der Waals surface area contributed by atoms with Crippen LogP contribution in [0.3, 0.4) is 0 Å². The third-order valence-corrected chi connectivity index (χ3v) is 6.26. The third-order valence-electron chi connectivity index (χ3n) is 6.03. The number of piperazine rings is 1. The van der Waals surface area contributed by atoms with Gasteiger partial charge in [-0.1, -0.05) is 48.0 Å². The Balaban J connectivity index is 1.19. The van der Waals surface area contributed by atoms with E-state index in [2.05, 4.69) is 14.9 Å². The molecule has 0 bridgehead atoms. The zero-order valence-electron chi connectivity index (χ0n) is 19.0. The number of ketones is 1. The number of aromatic nitrogens is 2. The minimum Gasteiger partial charge on any atom is -0.368 e. The van der Waals surface area contributed by atoms with Crippen molar-refractivity contribution in [3.8, 4) is 0 Å². The van der Waals surface area contributed by atoms with E-state index in [1.165, 1.54) is 12.3 Å². The van der Waals surface area contributed by atoms with Gasteiger partial charge >= 0.3 is 0 Å². The van der Waals surface area contributed by atoms with Gasteiger partial charge in [0.15, 0.2) is 0 Å². The molecule has 4 aromatic rings. The lowest BCUT2D eigenvalue weighted by atomic mass is 10.1. The van der Waals surface area contributed by atoms with Crippen LogP contribution in [-0.2, 0) is 0 Å². The van der Waals surface area contributed by atoms with Gasteiger partial charge in [0.25, 0.3) is 5.91 Å². The van der Waals surface area contributed by atoms with Gasteiger partial charge in [-0.15, -0.1) is 0 Å². The fraction of sp³-hybridized carbons (Fsp3) is 0.143. The average Bonchev–Trinajstić information content (AvgIpc) is 2.91. The van der Waals surface area contributed by atoms with Crippen molar-refractivity contribution < 1.29 is 9.59 Å². The topological polar surface area (TPSA) is 66.4 Å².